The van der Waals surface area contributed by atoms with Gasteiger partial charge in [0, 0.05) is 18.6 Å². The standard InChI is InChI=1S/BH3O3.Ba.Li.V.3H/c2-1(3)4;;;;;;/h2-4H;;;;;;/q;+2;+1;;3*-1. The molecular formula is H6BBaLiO3V. The summed E-state index contributed by atoms with van der Waals surface area (Å²) in [5.74, 6) is 0. The molecule has 0 unspecified atom stereocenters. The van der Waals surface area contributed by atoms with Crippen LogP contribution in [0.2, 0.25) is 0 Å². The molecule has 0 fully saturated rings. The van der Waals surface area contributed by atoms with Gasteiger partial charge in [-0.05, 0) is 0 Å². The summed E-state index contributed by atoms with van der Waals surface area (Å²) in [6.07, 6.45) is 0. The fraction of sp³-hybridized carbons (Fsp3) is 0. The minimum atomic E-state index is -2.17. The molecule has 0 amide bonds. The predicted octanol–water partition coefficient (Wildman–Crippen LogP) is -5.09. The van der Waals surface area contributed by atoms with Gasteiger partial charge in [-0.3, -0.25) is 0 Å². The summed E-state index contributed by atoms with van der Waals surface area (Å²) in [5.41, 5.74) is 0. The zero-order valence-electron chi connectivity index (χ0n) is 7.07. The fourth-order valence-corrected chi connectivity index (χ4v) is 0. The van der Waals surface area contributed by atoms with Crippen molar-refractivity contribution in [2.45, 2.75) is 0 Å². The van der Waals surface area contributed by atoms with Crippen molar-refractivity contribution in [1.29, 1.82) is 0 Å². The van der Waals surface area contributed by atoms with Crippen molar-refractivity contribution in [2.24, 2.45) is 0 Å². The van der Waals surface area contributed by atoms with Crippen molar-refractivity contribution < 1.29 is 56.8 Å². The maximum atomic E-state index is 7.17. The molecule has 0 aromatic heterocycles. The SMILES string of the molecule is OB(O)O.[Ba+2].[H-].[H-].[H-].[Li+].[V]. The van der Waals surface area contributed by atoms with E-state index in [1.54, 1.807) is 0 Å². The van der Waals surface area contributed by atoms with Gasteiger partial charge in [0.2, 0.25) is 0 Å². The Hall–Kier alpha value is 2.70. The molecule has 0 aliphatic heterocycles. The maximum Gasteiger partial charge on any atom is 2.00 e. The van der Waals surface area contributed by atoms with Crippen LogP contribution in [0, 0.1) is 0 Å². The Morgan fingerprint density at radius 1 is 1.14 bits per heavy atom. The van der Waals surface area contributed by atoms with Gasteiger partial charge >= 0.3 is 75.1 Å². The summed E-state index contributed by atoms with van der Waals surface area (Å²) in [5, 5.41) is 21.5. The van der Waals surface area contributed by atoms with Crippen LogP contribution in [0.4, 0.5) is 0 Å². The third kappa shape index (κ3) is 53.6. The van der Waals surface area contributed by atoms with Crippen LogP contribution in [0.3, 0.4) is 0 Å². The molecule has 3 N–H and O–H groups in total. The summed E-state index contributed by atoms with van der Waals surface area (Å²) >= 11 is 0. The quantitative estimate of drug-likeness (QED) is 0.382. The summed E-state index contributed by atoms with van der Waals surface area (Å²) in [4.78, 5) is 0. The van der Waals surface area contributed by atoms with Gasteiger partial charge in [0.1, 0.15) is 0 Å². The van der Waals surface area contributed by atoms with Gasteiger partial charge in [-0.1, -0.05) is 0 Å². The van der Waals surface area contributed by atoms with Crippen LogP contribution in [0.5, 0.6) is 0 Å². The van der Waals surface area contributed by atoms with Gasteiger partial charge in [-0.15, -0.1) is 0 Å². The molecule has 35 valence electrons. The van der Waals surface area contributed by atoms with E-state index < -0.39 is 7.32 Å². The Morgan fingerprint density at radius 3 is 1.14 bits per heavy atom. The summed E-state index contributed by atoms with van der Waals surface area (Å²) in [6, 6.07) is 0. The van der Waals surface area contributed by atoms with Crippen molar-refractivity contribution in [3.8, 4) is 0 Å². The van der Waals surface area contributed by atoms with Gasteiger partial charge in [-0.25, -0.2) is 0 Å². The Labute approximate surface area is 111 Å². The molecular weight excluding hydrogens is 254 g/mol. The van der Waals surface area contributed by atoms with E-state index in [0.717, 1.165) is 0 Å². The first-order chi connectivity index (χ1) is 1.73. The average Bonchev–Trinajstić information content (AvgIpc) is 0.811. The smallest absolute Gasteiger partial charge is 1.00 e. The first kappa shape index (κ1) is 22.6. The first-order valence-corrected chi connectivity index (χ1v) is 0.775. The number of hydrogen-bond donors (Lipinski definition) is 3. The van der Waals surface area contributed by atoms with E-state index in [4.69, 9.17) is 15.1 Å². The van der Waals surface area contributed by atoms with E-state index in [1.807, 2.05) is 0 Å². The van der Waals surface area contributed by atoms with Gasteiger partial charge in [-0.2, -0.15) is 0 Å². The van der Waals surface area contributed by atoms with Gasteiger partial charge in [0.25, 0.3) is 0 Å². The topological polar surface area (TPSA) is 60.7 Å². The van der Waals surface area contributed by atoms with Crippen molar-refractivity contribution >= 4 is 56.2 Å². The molecule has 0 aliphatic carbocycles. The third-order valence-corrected chi connectivity index (χ3v) is 0. The minimum absolute atomic E-state index is 0. The molecule has 0 spiro atoms. The predicted molar refractivity (Wildman–Crippen MR) is 21.5 cm³/mol. The summed E-state index contributed by atoms with van der Waals surface area (Å²) in [6.45, 7) is 0. The molecule has 0 saturated heterocycles. The van der Waals surface area contributed by atoms with E-state index in [-0.39, 0.29) is 90.6 Å². The van der Waals surface area contributed by atoms with Crippen LogP contribution < -0.4 is 18.9 Å². The van der Waals surface area contributed by atoms with E-state index in [2.05, 4.69) is 0 Å². The van der Waals surface area contributed by atoms with Crippen molar-refractivity contribution in [3.05, 3.63) is 0 Å². The van der Waals surface area contributed by atoms with Crippen molar-refractivity contribution in [1.82, 2.24) is 0 Å². The molecule has 0 aromatic carbocycles. The Kier molecular flexibility index (Phi) is 51.3. The monoisotopic (exact) mass is 261 g/mol. The summed E-state index contributed by atoms with van der Waals surface area (Å²) in [7, 11) is -2.17. The Balaban J connectivity index is -0.00000000300. The fourth-order valence-electron chi connectivity index (χ4n) is 0. The van der Waals surface area contributed by atoms with Crippen LogP contribution in [0.1, 0.15) is 4.28 Å². The zero-order valence-corrected chi connectivity index (χ0v) is 9.91. The molecule has 1 radical (unpaired) electrons. The Morgan fingerprint density at radius 2 is 1.14 bits per heavy atom. The third-order valence-electron chi connectivity index (χ3n) is 0. The molecule has 7 heavy (non-hydrogen) atoms. The molecule has 0 aromatic rings. The van der Waals surface area contributed by atoms with Crippen molar-refractivity contribution in [2.75, 3.05) is 0 Å². The second kappa shape index (κ2) is 15.9. The molecule has 0 heterocycles. The molecule has 0 bridgehead atoms. The van der Waals surface area contributed by atoms with Crippen LogP contribution in [0.15, 0.2) is 0 Å². The largest absolute Gasteiger partial charge is 2.00 e. The average molecular weight is 260 g/mol. The minimum Gasteiger partial charge on any atom is -1.00 e. The maximum absolute atomic E-state index is 7.17. The van der Waals surface area contributed by atoms with Crippen LogP contribution in [0.25, 0.3) is 0 Å². The van der Waals surface area contributed by atoms with Gasteiger partial charge in [0.15, 0.2) is 0 Å². The van der Waals surface area contributed by atoms with Gasteiger partial charge in [0.05, 0.1) is 0 Å². The molecule has 3 nitrogen and oxygen atoms in total. The van der Waals surface area contributed by atoms with Crippen LogP contribution in [-0.4, -0.2) is 71.3 Å². The first-order valence-electron chi connectivity index (χ1n) is 0.775. The normalized spacial score (nSPS) is 3.86. The van der Waals surface area contributed by atoms with E-state index in [9.17, 15) is 0 Å². The number of hydrogen-bond acceptors (Lipinski definition) is 3. The molecule has 0 aliphatic rings. The second-order valence-corrected chi connectivity index (χ2v) is 0.346. The zero-order chi connectivity index (χ0) is 3.58. The number of rotatable bonds is 0. The Bertz CT molecular complexity index is 28.5. The molecule has 7 heteroatoms. The molecule has 0 saturated carbocycles. The van der Waals surface area contributed by atoms with Gasteiger partial charge < -0.3 is 19.4 Å². The second-order valence-electron chi connectivity index (χ2n) is 0.346. The van der Waals surface area contributed by atoms with E-state index >= 15 is 0 Å². The van der Waals surface area contributed by atoms with Crippen LogP contribution in [-0.2, 0) is 18.6 Å². The van der Waals surface area contributed by atoms with E-state index in [0.29, 0.717) is 0 Å². The summed E-state index contributed by atoms with van der Waals surface area (Å²) < 4.78 is 0. The van der Waals surface area contributed by atoms with E-state index in [1.165, 1.54) is 0 Å². The van der Waals surface area contributed by atoms with Crippen LogP contribution >= 0.6 is 0 Å². The molecule has 0 rings (SSSR count). The molecule has 0 atom stereocenters. The van der Waals surface area contributed by atoms with Crippen molar-refractivity contribution in [3.63, 3.8) is 0 Å².